The zero-order valence-corrected chi connectivity index (χ0v) is 35.0. The number of hydrogen-bond acceptors (Lipinski definition) is 7. The molecule has 1 fully saturated rings. The normalized spacial score (nSPS) is 13.9. The van der Waals surface area contributed by atoms with Crippen LogP contribution in [0.2, 0.25) is 0 Å². The Hall–Kier alpha value is -5.06. The Morgan fingerprint density at radius 2 is 1.46 bits per heavy atom. The molecule has 5 aromatic rings. The minimum Gasteiger partial charge on any atom is -0.381 e. The standard InChI is InChI=1S/C47H62N8O2/c1-7-14-40(15-8-2)51-44-41(43(9-3)52-45-42(44)31-50-55(45)10-4)30-49-47(57)39-25-33(5)24-38(28-39)46(56)48-29-34-16-11-18-36(26-34)37-19-12-17-35(27-37)32-54-21-13-20-53(6)22-23-54/h11-12,16-19,24-28,31,40H,7-10,13-15,20-23,29-30,32H2,1-6H3,(H,48,56)(H,49,57)(H,51,52). The van der Waals surface area contributed by atoms with Crippen molar-refractivity contribution in [1.82, 2.24) is 35.2 Å². The zero-order chi connectivity index (χ0) is 40.3. The van der Waals surface area contributed by atoms with Gasteiger partial charge in [0.15, 0.2) is 5.65 Å². The van der Waals surface area contributed by atoms with Crippen molar-refractivity contribution in [2.75, 3.05) is 38.5 Å². The first-order chi connectivity index (χ1) is 27.7. The van der Waals surface area contributed by atoms with Gasteiger partial charge in [0.05, 0.1) is 17.3 Å². The second-order valence-electron chi connectivity index (χ2n) is 15.7. The van der Waals surface area contributed by atoms with Gasteiger partial charge in [0, 0.05) is 67.7 Å². The summed E-state index contributed by atoms with van der Waals surface area (Å²) in [4.78, 5) is 37.4. The molecular weight excluding hydrogens is 709 g/mol. The van der Waals surface area contributed by atoms with Gasteiger partial charge < -0.3 is 20.9 Å². The van der Waals surface area contributed by atoms with E-state index in [9.17, 15) is 9.59 Å². The number of likely N-dealkylation sites (N-methyl/N-ethyl adjacent to an activating group) is 1. The molecule has 1 aliphatic rings. The maximum atomic E-state index is 13.8. The molecule has 2 aromatic heterocycles. The highest BCUT2D eigenvalue weighted by molar-refractivity contribution is 6.00. The van der Waals surface area contributed by atoms with E-state index in [4.69, 9.17) is 4.98 Å². The number of rotatable bonds is 17. The average Bonchev–Trinajstić information content (AvgIpc) is 3.53. The number of carbonyl (C=O) groups is 2. The average molecular weight is 771 g/mol. The number of nitrogens with zero attached hydrogens (tertiary/aromatic N) is 5. The Labute approximate surface area is 339 Å². The van der Waals surface area contributed by atoms with Crippen molar-refractivity contribution in [2.24, 2.45) is 0 Å². The number of pyridine rings is 1. The Balaban J connectivity index is 1.13. The van der Waals surface area contributed by atoms with E-state index in [-0.39, 0.29) is 11.8 Å². The minimum absolute atomic E-state index is 0.219. The topological polar surface area (TPSA) is 107 Å². The van der Waals surface area contributed by atoms with E-state index < -0.39 is 0 Å². The van der Waals surface area contributed by atoms with E-state index in [2.05, 4.69) is 102 Å². The highest BCUT2D eigenvalue weighted by atomic mass is 16.2. The molecule has 1 aliphatic heterocycles. The predicted molar refractivity (Wildman–Crippen MR) is 233 cm³/mol. The van der Waals surface area contributed by atoms with E-state index in [1.165, 1.54) is 17.5 Å². The van der Waals surface area contributed by atoms with Crippen LogP contribution >= 0.6 is 0 Å². The molecule has 0 saturated carbocycles. The summed E-state index contributed by atoms with van der Waals surface area (Å²) in [5.74, 6) is -0.453. The van der Waals surface area contributed by atoms with E-state index in [1.807, 2.05) is 42.1 Å². The third-order valence-electron chi connectivity index (χ3n) is 11.1. The highest BCUT2D eigenvalue weighted by Crippen LogP contribution is 2.31. The molecule has 1 saturated heterocycles. The number of hydrogen-bond donors (Lipinski definition) is 3. The number of nitrogens with one attached hydrogen (secondary N) is 3. The van der Waals surface area contributed by atoms with E-state index in [0.29, 0.717) is 30.3 Å². The van der Waals surface area contributed by atoms with Crippen LogP contribution in [0, 0.1) is 6.92 Å². The number of benzene rings is 3. The molecule has 3 aromatic carbocycles. The molecule has 0 atom stereocenters. The van der Waals surface area contributed by atoms with Crippen molar-refractivity contribution in [3.05, 3.63) is 112 Å². The van der Waals surface area contributed by atoms with Gasteiger partial charge in [0.25, 0.3) is 11.8 Å². The fraction of sp³-hybridized carbons (Fsp3) is 0.447. The van der Waals surface area contributed by atoms with Crippen molar-refractivity contribution in [1.29, 1.82) is 0 Å². The van der Waals surface area contributed by atoms with Gasteiger partial charge in [0.2, 0.25) is 0 Å². The van der Waals surface area contributed by atoms with Crippen LogP contribution < -0.4 is 16.0 Å². The first-order valence-electron chi connectivity index (χ1n) is 21.1. The van der Waals surface area contributed by atoms with Crippen LogP contribution in [-0.4, -0.2) is 75.6 Å². The molecular formula is C47H62N8O2. The number of amides is 2. The molecule has 0 radical (unpaired) electrons. The summed E-state index contributed by atoms with van der Waals surface area (Å²) in [5.41, 5.74) is 10.2. The molecule has 0 bridgehead atoms. The third kappa shape index (κ3) is 10.7. The molecule has 57 heavy (non-hydrogen) atoms. The molecule has 10 nitrogen and oxygen atoms in total. The lowest BCUT2D eigenvalue weighted by Crippen LogP contribution is -2.28. The lowest BCUT2D eigenvalue weighted by Gasteiger charge is -2.23. The van der Waals surface area contributed by atoms with Crippen molar-refractivity contribution >= 4 is 28.5 Å². The molecule has 10 heteroatoms. The third-order valence-corrected chi connectivity index (χ3v) is 11.1. The van der Waals surface area contributed by atoms with Gasteiger partial charge in [-0.1, -0.05) is 70.0 Å². The van der Waals surface area contributed by atoms with Crippen LogP contribution in [0.5, 0.6) is 0 Å². The van der Waals surface area contributed by atoms with E-state index >= 15 is 0 Å². The van der Waals surface area contributed by atoms with Crippen LogP contribution in [0.15, 0.2) is 72.9 Å². The molecule has 2 amide bonds. The van der Waals surface area contributed by atoms with Gasteiger partial charge in [-0.3, -0.25) is 14.5 Å². The van der Waals surface area contributed by atoms with Gasteiger partial charge in [-0.15, -0.1) is 0 Å². The predicted octanol–water partition coefficient (Wildman–Crippen LogP) is 8.37. The van der Waals surface area contributed by atoms with Crippen LogP contribution in [0.1, 0.15) is 108 Å². The van der Waals surface area contributed by atoms with E-state index in [1.54, 1.807) is 6.07 Å². The smallest absolute Gasteiger partial charge is 0.251 e. The molecule has 3 heterocycles. The Morgan fingerprint density at radius 1 is 0.789 bits per heavy atom. The Morgan fingerprint density at radius 3 is 2.12 bits per heavy atom. The van der Waals surface area contributed by atoms with Crippen molar-refractivity contribution < 1.29 is 9.59 Å². The molecule has 302 valence electrons. The molecule has 3 N–H and O–H groups in total. The summed E-state index contributed by atoms with van der Waals surface area (Å²) in [5, 5.41) is 15.7. The first-order valence-corrected chi connectivity index (χ1v) is 21.1. The highest BCUT2D eigenvalue weighted by Gasteiger charge is 2.21. The molecule has 0 spiro atoms. The summed E-state index contributed by atoms with van der Waals surface area (Å²) in [7, 11) is 2.20. The largest absolute Gasteiger partial charge is 0.381 e. The van der Waals surface area contributed by atoms with Crippen LogP contribution in [0.25, 0.3) is 22.2 Å². The first kappa shape index (κ1) is 41.6. The monoisotopic (exact) mass is 770 g/mol. The van der Waals surface area contributed by atoms with Crippen LogP contribution in [-0.2, 0) is 32.6 Å². The number of anilines is 1. The number of carbonyl (C=O) groups excluding carboxylic acids is 2. The quantitative estimate of drug-likeness (QED) is 0.0873. The van der Waals surface area contributed by atoms with Gasteiger partial charge in [-0.25, -0.2) is 9.67 Å². The van der Waals surface area contributed by atoms with Gasteiger partial charge in [-0.2, -0.15) is 5.10 Å². The molecule has 0 unspecified atom stereocenters. The number of aromatic nitrogens is 3. The van der Waals surface area contributed by atoms with E-state index in [0.717, 1.165) is 116 Å². The maximum absolute atomic E-state index is 13.8. The molecule has 6 rings (SSSR count). The Kier molecular flexibility index (Phi) is 14.5. The maximum Gasteiger partial charge on any atom is 0.251 e. The summed E-state index contributed by atoms with van der Waals surface area (Å²) in [6.07, 6.45) is 8.07. The second kappa shape index (κ2) is 19.9. The summed E-state index contributed by atoms with van der Waals surface area (Å²) < 4.78 is 1.93. The fourth-order valence-electron chi connectivity index (χ4n) is 8.07. The number of fused-ring (bicyclic) bond motifs is 1. The number of aryl methyl sites for hydroxylation is 3. The SMILES string of the molecule is CCCC(CCC)Nc1c(CNC(=O)c2cc(C)cc(C(=O)NCc3cccc(-c4cccc(CN5CCCN(C)CC5)c4)c3)c2)c(CC)nc2c1cnn2CC. The van der Waals surface area contributed by atoms with Gasteiger partial charge >= 0.3 is 0 Å². The summed E-state index contributed by atoms with van der Waals surface area (Å²) in [6, 6.07) is 22.8. The fourth-order valence-corrected chi connectivity index (χ4v) is 8.07. The minimum atomic E-state index is -0.234. The van der Waals surface area contributed by atoms with Gasteiger partial charge in [0.1, 0.15) is 0 Å². The van der Waals surface area contributed by atoms with Crippen LogP contribution in [0.3, 0.4) is 0 Å². The summed E-state index contributed by atoms with van der Waals surface area (Å²) >= 11 is 0. The van der Waals surface area contributed by atoms with Crippen molar-refractivity contribution in [2.45, 2.75) is 105 Å². The van der Waals surface area contributed by atoms with Crippen molar-refractivity contribution in [3.63, 3.8) is 0 Å². The second-order valence-corrected chi connectivity index (χ2v) is 15.7. The summed E-state index contributed by atoms with van der Waals surface area (Å²) in [6.45, 7) is 17.3. The molecule has 0 aliphatic carbocycles. The Bertz CT molecular complexity index is 2140. The zero-order valence-electron chi connectivity index (χ0n) is 35.0. The van der Waals surface area contributed by atoms with Crippen molar-refractivity contribution in [3.8, 4) is 11.1 Å². The lowest BCUT2D eigenvalue weighted by molar-refractivity contribution is 0.0950. The van der Waals surface area contributed by atoms with Crippen LogP contribution in [0.4, 0.5) is 5.69 Å². The lowest BCUT2D eigenvalue weighted by atomic mass is 10.0. The van der Waals surface area contributed by atoms with Gasteiger partial charge in [-0.05, 0) is 118 Å².